The number of aryl methyl sites for hydroxylation is 2. The molecule has 0 saturated heterocycles. The number of anilines is 4. The number of aromatic amines is 1. The van der Waals surface area contributed by atoms with Crippen LogP contribution in [-0.4, -0.2) is 58.8 Å². The summed E-state index contributed by atoms with van der Waals surface area (Å²) in [4.78, 5) is 9.50. The van der Waals surface area contributed by atoms with Gasteiger partial charge in [0.05, 0.1) is 18.2 Å². The number of ether oxygens (including phenoxy) is 1. The third-order valence-corrected chi connectivity index (χ3v) is 6.13. The molecular formula is C21H22F2N8O3S. The second-order valence-corrected chi connectivity index (χ2v) is 9.80. The lowest BCUT2D eigenvalue weighted by molar-refractivity contribution is 0.415. The minimum absolute atomic E-state index is 0.0932. The number of hydrogen-bond acceptors (Lipinski definition) is 9. The Balaban J connectivity index is 1.89. The summed E-state index contributed by atoms with van der Waals surface area (Å²) in [6.45, 7) is 1.82. The second kappa shape index (κ2) is 8.94. The summed E-state index contributed by atoms with van der Waals surface area (Å²) in [6.07, 6.45) is 4.12. The molecule has 0 aliphatic rings. The van der Waals surface area contributed by atoms with Gasteiger partial charge in [0.25, 0.3) is 0 Å². The van der Waals surface area contributed by atoms with Crippen LogP contribution < -0.4 is 15.0 Å². The summed E-state index contributed by atoms with van der Waals surface area (Å²) < 4.78 is 60.5. The van der Waals surface area contributed by atoms with Gasteiger partial charge in [-0.15, -0.1) is 0 Å². The number of aromatic nitrogens is 6. The zero-order valence-electron chi connectivity index (χ0n) is 19.5. The summed E-state index contributed by atoms with van der Waals surface area (Å²) in [5.74, 6) is -1.41. The number of H-pyrrole nitrogens is 1. The standard InChI is InChI=1S/C21H22F2N8O3S/c1-11-6-16(29-28-11)25-20-19(34-4)17(12-9-24-30(2)10-12)26-21(27-20)31(3)18-14(22)7-13(8-15(18)23)35(5,32)33/h6-10H,1-5H3,(H2,25,26,27,28,29). The van der Waals surface area contributed by atoms with Crippen LogP contribution in [0.1, 0.15) is 5.69 Å². The van der Waals surface area contributed by atoms with E-state index in [0.717, 1.165) is 29.0 Å². The van der Waals surface area contributed by atoms with Gasteiger partial charge in [-0.1, -0.05) is 0 Å². The number of sulfone groups is 1. The fraction of sp³-hybridized carbons (Fsp3) is 0.238. The van der Waals surface area contributed by atoms with Crippen LogP contribution in [0.2, 0.25) is 0 Å². The first-order chi connectivity index (χ1) is 16.5. The highest BCUT2D eigenvalue weighted by atomic mass is 32.2. The first kappa shape index (κ1) is 24.1. The van der Waals surface area contributed by atoms with Gasteiger partial charge in [-0.05, 0) is 19.1 Å². The number of rotatable bonds is 7. The Labute approximate surface area is 199 Å². The van der Waals surface area contributed by atoms with Crippen molar-refractivity contribution in [1.29, 1.82) is 0 Å². The zero-order valence-corrected chi connectivity index (χ0v) is 20.3. The Morgan fingerprint density at radius 2 is 1.86 bits per heavy atom. The van der Waals surface area contributed by atoms with Crippen molar-refractivity contribution >= 4 is 33.1 Å². The van der Waals surface area contributed by atoms with E-state index >= 15 is 0 Å². The highest BCUT2D eigenvalue weighted by molar-refractivity contribution is 7.90. The second-order valence-electron chi connectivity index (χ2n) is 7.78. The molecule has 0 amide bonds. The highest BCUT2D eigenvalue weighted by Crippen LogP contribution is 2.38. The first-order valence-electron chi connectivity index (χ1n) is 10.1. The molecular weight excluding hydrogens is 482 g/mol. The zero-order chi connectivity index (χ0) is 25.5. The molecule has 3 heterocycles. The molecule has 14 heteroatoms. The van der Waals surface area contributed by atoms with E-state index in [4.69, 9.17) is 4.74 Å². The van der Waals surface area contributed by atoms with Crippen LogP contribution >= 0.6 is 0 Å². The molecule has 4 aromatic rings. The molecule has 0 radical (unpaired) electrons. The van der Waals surface area contributed by atoms with E-state index in [-0.39, 0.29) is 17.5 Å². The quantitative estimate of drug-likeness (QED) is 0.390. The van der Waals surface area contributed by atoms with Crippen molar-refractivity contribution in [3.05, 3.63) is 47.9 Å². The van der Waals surface area contributed by atoms with Crippen LogP contribution in [0.3, 0.4) is 0 Å². The van der Waals surface area contributed by atoms with Gasteiger partial charge in [-0.3, -0.25) is 9.78 Å². The average molecular weight is 505 g/mol. The maximum Gasteiger partial charge on any atom is 0.232 e. The number of nitrogens with zero attached hydrogens (tertiary/aromatic N) is 6. The molecule has 1 aromatic carbocycles. The molecule has 0 aliphatic heterocycles. The molecule has 3 aromatic heterocycles. The maximum absolute atomic E-state index is 14.9. The molecule has 0 atom stereocenters. The molecule has 11 nitrogen and oxygen atoms in total. The number of halogens is 2. The summed E-state index contributed by atoms with van der Waals surface area (Å²) >= 11 is 0. The van der Waals surface area contributed by atoms with Crippen LogP contribution in [0.15, 0.2) is 35.5 Å². The van der Waals surface area contributed by atoms with Crippen molar-refractivity contribution in [3.8, 4) is 17.0 Å². The van der Waals surface area contributed by atoms with Gasteiger partial charge in [0.1, 0.15) is 11.4 Å². The van der Waals surface area contributed by atoms with Gasteiger partial charge < -0.3 is 15.0 Å². The lowest BCUT2D eigenvalue weighted by Crippen LogP contribution is -2.18. The van der Waals surface area contributed by atoms with Crippen LogP contribution in [0.4, 0.5) is 32.1 Å². The number of methoxy groups -OCH3 is 1. The van der Waals surface area contributed by atoms with Crippen molar-refractivity contribution in [2.75, 3.05) is 30.6 Å². The van der Waals surface area contributed by atoms with Crippen molar-refractivity contribution in [1.82, 2.24) is 29.9 Å². The summed E-state index contributed by atoms with van der Waals surface area (Å²) in [6, 6.07) is 3.24. The summed E-state index contributed by atoms with van der Waals surface area (Å²) in [5.41, 5.74) is 1.14. The molecule has 0 saturated carbocycles. The normalized spacial score (nSPS) is 11.5. The third kappa shape index (κ3) is 4.77. The van der Waals surface area contributed by atoms with E-state index in [1.54, 1.807) is 30.2 Å². The Hall–Kier alpha value is -4.07. The van der Waals surface area contributed by atoms with Crippen molar-refractivity contribution in [2.45, 2.75) is 11.8 Å². The molecule has 4 rings (SSSR count). The minimum atomic E-state index is -3.82. The van der Waals surface area contributed by atoms with E-state index in [2.05, 4.69) is 30.6 Å². The number of benzene rings is 1. The molecule has 0 spiro atoms. The Kier molecular flexibility index (Phi) is 6.15. The van der Waals surface area contributed by atoms with Gasteiger partial charge in [-0.25, -0.2) is 22.2 Å². The van der Waals surface area contributed by atoms with Crippen LogP contribution in [0.25, 0.3) is 11.3 Å². The van der Waals surface area contributed by atoms with Crippen molar-refractivity contribution < 1.29 is 21.9 Å². The van der Waals surface area contributed by atoms with Crippen molar-refractivity contribution in [2.24, 2.45) is 7.05 Å². The predicted molar refractivity (Wildman–Crippen MR) is 125 cm³/mol. The first-order valence-corrected chi connectivity index (χ1v) is 12.0. The Bertz CT molecular complexity index is 1490. The summed E-state index contributed by atoms with van der Waals surface area (Å²) in [5, 5.41) is 14.1. The SMILES string of the molecule is COc1c(Nc2cc(C)[nH]n2)nc(N(C)c2c(F)cc(S(C)(=O)=O)cc2F)nc1-c1cnn(C)c1. The van der Waals surface area contributed by atoms with Gasteiger partial charge in [0.2, 0.25) is 5.95 Å². The lowest BCUT2D eigenvalue weighted by Gasteiger charge is -2.22. The number of nitrogens with one attached hydrogen (secondary N) is 2. The third-order valence-electron chi connectivity index (χ3n) is 5.04. The molecule has 0 unspecified atom stereocenters. The molecule has 2 N–H and O–H groups in total. The van der Waals surface area contributed by atoms with Gasteiger partial charge in [0, 0.05) is 43.9 Å². The van der Waals surface area contributed by atoms with Gasteiger partial charge in [-0.2, -0.15) is 15.2 Å². The van der Waals surface area contributed by atoms with E-state index in [1.165, 1.54) is 14.2 Å². The van der Waals surface area contributed by atoms with Gasteiger partial charge >= 0.3 is 0 Å². The largest absolute Gasteiger partial charge is 0.491 e. The molecule has 184 valence electrons. The van der Waals surface area contributed by atoms with Gasteiger partial charge in [0.15, 0.2) is 38.9 Å². The Morgan fingerprint density at radius 3 is 2.37 bits per heavy atom. The highest BCUT2D eigenvalue weighted by Gasteiger charge is 2.25. The van der Waals surface area contributed by atoms with Crippen LogP contribution in [0.5, 0.6) is 5.75 Å². The smallest absolute Gasteiger partial charge is 0.232 e. The van der Waals surface area contributed by atoms with Crippen molar-refractivity contribution in [3.63, 3.8) is 0 Å². The van der Waals surface area contributed by atoms with Crippen LogP contribution in [-0.2, 0) is 16.9 Å². The minimum Gasteiger partial charge on any atom is -0.491 e. The number of hydrogen-bond donors (Lipinski definition) is 2. The predicted octanol–water partition coefficient (Wildman–Crippen LogP) is 3.11. The van der Waals surface area contributed by atoms with E-state index < -0.39 is 32.1 Å². The monoisotopic (exact) mass is 504 g/mol. The Morgan fingerprint density at radius 1 is 1.17 bits per heavy atom. The van der Waals surface area contributed by atoms with E-state index in [0.29, 0.717) is 17.1 Å². The molecule has 0 aliphatic carbocycles. The lowest BCUT2D eigenvalue weighted by atomic mass is 10.2. The molecule has 0 fully saturated rings. The summed E-state index contributed by atoms with van der Waals surface area (Å²) in [7, 11) is 0.704. The average Bonchev–Trinajstić information content (AvgIpc) is 3.39. The van der Waals surface area contributed by atoms with E-state index in [9.17, 15) is 17.2 Å². The maximum atomic E-state index is 14.9. The van der Waals surface area contributed by atoms with Crippen LogP contribution in [0, 0.1) is 18.6 Å². The topological polar surface area (TPSA) is 131 Å². The molecule has 35 heavy (non-hydrogen) atoms. The molecule has 0 bridgehead atoms. The van der Waals surface area contributed by atoms with E-state index in [1.807, 2.05) is 6.92 Å². The fourth-order valence-electron chi connectivity index (χ4n) is 3.39. The fourth-order valence-corrected chi connectivity index (χ4v) is 4.02.